The van der Waals surface area contributed by atoms with Crippen LogP contribution in [0.5, 0.6) is 0 Å². The van der Waals surface area contributed by atoms with E-state index in [0.29, 0.717) is 11.4 Å². The Morgan fingerprint density at radius 3 is 2.35 bits per heavy atom. The van der Waals surface area contributed by atoms with Crippen LogP contribution in [-0.4, -0.2) is 78.1 Å². The molecule has 52 heavy (non-hydrogen) atoms. The molecule has 0 bridgehead atoms. The van der Waals surface area contributed by atoms with Gasteiger partial charge in [0.05, 0.1) is 16.8 Å². The number of nitrogens with zero attached hydrogens (tertiary/aromatic N) is 7. The van der Waals surface area contributed by atoms with E-state index in [1.165, 1.54) is 56.6 Å². The Balaban J connectivity index is 1.58. The smallest absolute Gasteiger partial charge is 0.411 e. The number of benzene rings is 2. The molecule has 0 radical (unpaired) electrons. The zero-order valence-electron chi connectivity index (χ0n) is 27.6. The maximum absolute atomic E-state index is 14.4. The van der Waals surface area contributed by atoms with Crippen LogP contribution in [0.2, 0.25) is 5.02 Å². The highest BCUT2D eigenvalue weighted by Crippen LogP contribution is 2.49. The Hall–Kier alpha value is -5.26. The van der Waals surface area contributed by atoms with Crippen LogP contribution < -0.4 is 11.1 Å². The Morgan fingerprint density at radius 2 is 1.75 bits per heavy atom. The predicted molar refractivity (Wildman–Crippen MR) is 177 cm³/mol. The summed E-state index contributed by atoms with van der Waals surface area (Å²) in [6.45, 7) is 1.62. The minimum atomic E-state index is -4.75. The molecule has 1 aliphatic rings. The SMILES string of the molecule is CC(C)(F)CCN=C(N)N(C(=O)c1ccc(-c2ncccn2)cc1)[C@H](COC(=O)NC1(C(F)(F)F)CC1)c1ccc(Cl)c(-n2ncnc2C(F)F)c1. The van der Waals surface area contributed by atoms with Crippen molar-refractivity contribution in [2.75, 3.05) is 13.2 Å². The third-order valence-electron chi connectivity index (χ3n) is 8.07. The molecule has 2 aromatic carbocycles. The van der Waals surface area contributed by atoms with Crippen molar-refractivity contribution < 1.29 is 40.7 Å². The fourth-order valence-electron chi connectivity index (χ4n) is 5.06. The lowest BCUT2D eigenvalue weighted by atomic mass is 10.0. The van der Waals surface area contributed by atoms with Gasteiger partial charge in [-0.1, -0.05) is 29.8 Å². The molecule has 0 aliphatic heterocycles. The van der Waals surface area contributed by atoms with E-state index in [9.17, 15) is 35.9 Å². The van der Waals surface area contributed by atoms with Crippen molar-refractivity contribution in [2.24, 2.45) is 10.7 Å². The minimum absolute atomic E-state index is 0.0255. The zero-order valence-corrected chi connectivity index (χ0v) is 28.4. The van der Waals surface area contributed by atoms with E-state index >= 15 is 0 Å². The average molecular weight is 752 g/mol. The van der Waals surface area contributed by atoms with Gasteiger partial charge in [0.25, 0.3) is 12.3 Å². The molecular formula is C33H32ClF6N9O3. The number of rotatable bonds is 12. The van der Waals surface area contributed by atoms with E-state index in [0.717, 1.165) is 15.9 Å². The summed E-state index contributed by atoms with van der Waals surface area (Å²) in [5.41, 5.74) is 2.78. The van der Waals surface area contributed by atoms with Crippen molar-refractivity contribution in [3.8, 4) is 17.1 Å². The normalized spacial score (nSPS) is 14.9. The van der Waals surface area contributed by atoms with E-state index in [2.05, 4.69) is 25.0 Å². The summed E-state index contributed by atoms with van der Waals surface area (Å²) in [5, 5.41) is 5.61. The van der Waals surface area contributed by atoms with E-state index in [1.54, 1.807) is 18.2 Å². The number of aromatic nitrogens is 5. The lowest BCUT2D eigenvalue weighted by Gasteiger charge is -2.32. The number of hydrogen-bond donors (Lipinski definition) is 2. The first-order chi connectivity index (χ1) is 24.5. The second-order valence-corrected chi connectivity index (χ2v) is 12.8. The van der Waals surface area contributed by atoms with Crippen LogP contribution in [0.25, 0.3) is 17.1 Å². The van der Waals surface area contributed by atoms with Gasteiger partial charge in [0, 0.05) is 36.5 Å². The Labute approximate surface area is 298 Å². The van der Waals surface area contributed by atoms with Gasteiger partial charge in [0.1, 0.15) is 24.1 Å². The second-order valence-electron chi connectivity index (χ2n) is 12.4. The molecule has 1 fully saturated rings. The van der Waals surface area contributed by atoms with Crippen LogP contribution in [0.15, 0.2) is 72.2 Å². The second kappa shape index (κ2) is 15.1. The largest absolute Gasteiger partial charge is 0.447 e. The molecule has 3 N–H and O–H groups in total. The molecule has 2 heterocycles. The highest BCUT2D eigenvalue weighted by Gasteiger charge is 2.64. The van der Waals surface area contributed by atoms with E-state index in [-0.39, 0.29) is 47.6 Å². The van der Waals surface area contributed by atoms with Crippen LogP contribution in [0.1, 0.15) is 67.3 Å². The molecule has 1 saturated carbocycles. The van der Waals surface area contributed by atoms with Crippen LogP contribution in [0.4, 0.5) is 31.1 Å². The standard InChI is InChI=1S/C33H32ClF6N9O3/c1-31(2,37)12-15-44-29(41)48(28(50)20-6-4-19(5-7-20)26-42-13-3-14-43-26)24(17-52-30(51)47-32(10-11-32)33(38,39)40)21-8-9-22(34)23(16-21)49-27(25(35)36)45-18-46-49/h3-9,13-14,16,18,24-25H,10-12,15,17H2,1-2H3,(H2,41,44)(H,47,51)/t24-/m1/s1. The molecule has 0 saturated heterocycles. The summed E-state index contributed by atoms with van der Waals surface area (Å²) in [6.07, 6.45) is -6.17. The first-order valence-electron chi connectivity index (χ1n) is 15.7. The summed E-state index contributed by atoms with van der Waals surface area (Å²) in [7, 11) is 0. The van der Waals surface area contributed by atoms with Crippen LogP contribution in [-0.2, 0) is 4.74 Å². The Bertz CT molecular complexity index is 1910. The molecule has 4 aromatic rings. The number of nitrogens with two attached hydrogens (primary N) is 1. The van der Waals surface area contributed by atoms with Gasteiger partial charge in [-0.2, -0.15) is 18.3 Å². The monoisotopic (exact) mass is 751 g/mol. The average Bonchev–Trinajstić information content (AvgIpc) is 3.72. The van der Waals surface area contributed by atoms with Gasteiger partial charge in [-0.25, -0.2) is 37.6 Å². The van der Waals surface area contributed by atoms with Crippen molar-refractivity contribution in [1.82, 2.24) is 34.9 Å². The zero-order chi connectivity index (χ0) is 37.8. The number of halogens is 7. The molecule has 2 amide bonds. The number of nitrogens with one attached hydrogen (secondary N) is 1. The molecule has 19 heteroatoms. The van der Waals surface area contributed by atoms with Gasteiger partial charge < -0.3 is 15.8 Å². The third-order valence-corrected chi connectivity index (χ3v) is 8.39. The maximum atomic E-state index is 14.4. The summed E-state index contributed by atoms with van der Waals surface area (Å²) < 4.78 is 88.9. The topological polar surface area (TPSA) is 154 Å². The summed E-state index contributed by atoms with van der Waals surface area (Å²) in [6, 6.07) is 10.0. The number of carbonyl (C=O) groups excluding carboxylic acids is 2. The number of alkyl carbamates (subject to hydrolysis) is 1. The lowest BCUT2D eigenvalue weighted by Crippen LogP contribution is -2.49. The summed E-state index contributed by atoms with van der Waals surface area (Å²) in [4.78, 5) is 44.2. The maximum Gasteiger partial charge on any atom is 0.411 e. The Morgan fingerprint density at radius 1 is 1.08 bits per heavy atom. The Kier molecular flexibility index (Phi) is 11.1. The number of carbonyl (C=O) groups is 2. The minimum Gasteiger partial charge on any atom is -0.447 e. The number of hydrogen-bond acceptors (Lipinski definition) is 8. The van der Waals surface area contributed by atoms with E-state index in [1.807, 2.05) is 5.32 Å². The number of alkyl halides is 6. The van der Waals surface area contributed by atoms with Crippen LogP contribution in [0, 0.1) is 0 Å². The molecule has 0 spiro atoms. The van der Waals surface area contributed by atoms with Gasteiger partial charge in [-0.05, 0) is 62.6 Å². The number of aliphatic imine (C=N–C) groups is 1. The molecule has 12 nitrogen and oxygen atoms in total. The van der Waals surface area contributed by atoms with Crippen LogP contribution in [0.3, 0.4) is 0 Å². The number of guanidine groups is 1. The highest BCUT2D eigenvalue weighted by atomic mass is 35.5. The predicted octanol–water partition coefficient (Wildman–Crippen LogP) is 6.77. The van der Waals surface area contributed by atoms with E-state index in [4.69, 9.17) is 22.1 Å². The van der Waals surface area contributed by atoms with Gasteiger partial charge in [-0.15, -0.1) is 0 Å². The molecule has 5 rings (SSSR count). The lowest BCUT2D eigenvalue weighted by molar-refractivity contribution is -0.164. The molecular weight excluding hydrogens is 720 g/mol. The fraction of sp³-hybridized carbons (Fsp3) is 0.364. The first kappa shape index (κ1) is 38.0. The molecule has 1 aliphatic carbocycles. The van der Waals surface area contributed by atoms with Crippen LogP contribution >= 0.6 is 11.6 Å². The summed E-state index contributed by atoms with van der Waals surface area (Å²) >= 11 is 6.39. The molecule has 0 unspecified atom stereocenters. The quantitative estimate of drug-likeness (QED) is 0.0914. The van der Waals surface area contributed by atoms with Crippen molar-refractivity contribution in [3.05, 3.63) is 89.2 Å². The number of amides is 2. The molecule has 2 aromatic heterocycles. The van der Waals surface area contributed by atoms with E-state index < -0.39 is 60.2 Å². The highest BCUT2D eigenvalue weighted by molar-refractivity contribution is 6.32. The number of ether oxygens (including phenoxy) is 1. The summed E-state index contributed by atoms with van der Waals surface area (Å²) in [5.74, 6) is -1.70. The first-order valence-corrected chi connectivity index (χ1v) is 16.1. The van der Waals surface area contributed by atoms with Crippen molar-refractivity contribution in [3.63, 3.8) is 0 Å². The molecule has 276 valence electrons. The van der Waals surface area contributed by atoms with Gasteiger partial charge >= 0.3 is 12.3 Å². The fourth-order valence-corrected chi connectivity index (χ4v) is 5.26. The van der Waals surface area contributed by atoms with Crippen molar-refractivity contribution >= 4 is 29.6 Å². The van der Waals surface area contributed by atoms with Gasteiger partial charge in [-0.3, -0.25) is 14.7 Å². The van der Waals surface area contributed by atoms with Gasteiger partial charge in [0.15, 0.2) is 17.6 Å². The van der Waals surface area contributed by atoms with Crippen molar-refractivity contribution in [1.29, 1.82) is 0 Å². The molecule has 1 atom stereocenters. The third kappa shape index (κ3) is 8.78. The van der Waals surface area contributed by atoms with Crippen molar-refractivity contribution in [2.45, 2.75) is 63.0 Å². The van der Waals surface area contributed by atoms with Gasteiger partial charge in [0.2, 0.25) is 0 Å².